The molecule has 8 nitrogen and oxygen atoms in total. The molecule has 0 amide bonds. The predicted octanol–water partition coefficient (Wildman–Crippen LogP) is 16.6. The highest BCUT2D eigenvalue weighted by atomic mass is 15.0. The van der Waals surface area contributed by atoms with Crippen molar-refractivity contribution in [2.75, 3.05) is 13.1 Å². The zero-order valence-corrected chi connectivity index (χ0v) is 43.3. The second-order valence-corrected chi connectivity index (χ2v) is 22.8. The van der Waals surface area contributed by atoms with Gasteiger partial charge in [0, 0.05) is 24.3 Å². The van der Waals surface area contributed by atoms with E-state index in [2.05, 4.69) is 166 Å². The van der Waals surface area contributed by atoms with Crippen LogP contribution >= 0.6 is 0 Å². The fourth-order valence-electron chi connectivity index (χ4n) is 13.6. The molecule has 376 valence electrons. The Balaban J connectivity index is 0.000000133. The van der Waals surface area contributed by atoms with Gasteiger partial charge in [-0.05, 0) is 226 Å². The first-order chi connectivity index (χ1) is 37.5. The van der Waals surface area contributed by atoms with Gasteiger partial charge in [-0.15, -0.1) is 0 Å². The summed E-state index contributed by atoms with van der Waals surface area (Å²) in [5, 5.41) is 12.2. The molecule has 0 bridgehead atoms. The summed E-state index contributed by atoms with van der Waals surface area (Å²) in [7, 11) is 0. The van der Waals surface area contributed by atoms with Crippen LogP contribution in [0.15, 0.2) is 156 Å². The van der Waals surface area contributed by atoms with Crippen molar-refractivity contribution in [3.8, 4) is 44.5 Å². The first kappa shape index (κ1) is 45.8. The van der Waals surface area contributed by atoms with Crippen LogP contribution in [-0.4, -0.2) is 44.4 Å². The highest BCUT2D eigenvalue weighted by Crippen LogP contribution is 2.40. The van der Waals surface area contributed by atoms with Crippen LogP contribution in [0, 0.1) is 11.8 Å². The number of imidazole rings is 2. The zero-order chi connectivity index (χ0) is 50.1. The fraction of sp³-hybridized carbons (Fsp3) is 0.294. The molecule has 4 aliphatic heterocycles. The summed E-state index contributed by atoms with van der Waals surface area (Å²) < 4.78 is 0. The molecule has 0 spiro atoms. The zero-order valence-electron chi connectivity index (χ0n) is 43.3. The smallest absolute Gasteiger partial charge is 0.124 e. The molecule has 4 fully saturated rings. The van der Waals surface area contributed by atoms with E-state index in [-0.39, 0.29) is 0 Å². The van der Waals surface area contributed by atoms with Crippen molar-refractivity contribution in [3.05, 3.63) is 168 Å². The van der Waals surface area contributed by atoms with Crippen molar-refractivity contribution < 1.29 is 0 Å². The van der Waals surface area contributed by atoms with Gasteiger partial charge in [0.05, 0.1) is 45.5 Å². The minimum absolute atomic E-state index is 0.352. The highest BCUT2D eigenvalue weighted by molar-refractivity contribution is 5.99. The van der Waals surface area contributed by atoms with Crippen LogP contribution in [0.2, 0.25) is 0 Å². The van der Waals surface area contributed by atoms with E-state index in [1.807, 2.05) is 0 Å². The molecule has 2 aromatic heterocycles. The van der Waals surface area contributed by atoms with E-state index in [4.69, 9.17) is 20.0 Å². The number of rotatable bonds is 8. The lowest BCUT2D eigenvalue weighted by Crippen LogP contribution is -2.13. The number of hydrogen-bond acceptors (Lipinski definition) is 6. The van der Waals surface area contributed by atoms with Gasteiger partial charge >= 0.3 is 0 Å². The standard InChI is InChI=1S/2C34H32N4/c1-2-5-22(4-1)32-20-28-18-25(11-13-29(28)36-32)23-9-7-21-8-10-24(17-27(21)16-23)26-12-14-30-33(19-26)38-34(37-30)31-6-3-15-35-31;1-2-5-21(4-1)32-20-28-18-26(11-13-29(28)36-32)24-8-7-23-17-25(10-9-22(23)16-24)27-12-14-30-33(19-27)38-34(37-30)31-6-3-15-35-31/h7-14,16-19,22,31,35H,1-6,15,20H2,(H,37,38);7-14,16-19,21,31,35H,1-6,15,20H2,(H,37,38)/t2*31-/m00/s1. The summed E-state index contributed by atoms with van der Waals surface area (Å²) in [5.41, 5.74) is 22.3. The number of nitrogens with zero attached hydrogens (tertiary/aromatic N) is 4. The Kier molecular flexibility index (Phi) is 11.6. The number of aromatic amines is 2. The third-order valence-electron chi connectivity index (χ3n) is 17.9. The molecule has 2 atom stereocenters. The molecular formula is C68H64N8. The summed E-state index contributed by atoms with van der Waals surface area (Å²) in [6.45, 7) is 2.15. The average Bonchev–Trinajstić information content (AvgIpc) is 4.32. The Morgan fingerprint density at radius 2 is 0.724 bits per heavy atom. The number of hydrogen-bond donors (Lipinski definition) is 4. The second-order valence-electron chi connectivity index (χ2n) is 22.8. The third kappa shape index (κ3) is 8.75. The predicted molar refractivity (Wildman–Crippen MR) is 314 cm³/mol. The van der Waals surface area contributed by atoms with Crippen LogP contribution in [0.1, 0.15) is 112 Å². The van der Waals surface area contributed by atoms with Crippen molar-refractivity contribution in [2.45, 2.75) is 102 Å². The summed E-state index contributed by atoms with van der Waals surface area (Å²) >= 11 is 0. The van der Waals surface area contributed by atoms with Crippen molar-refractivity contribution in [3.63, 3.8) is 0 Å². The Morgan fingerprint density at radius 3 is 1.16 bits per heavy atom. The molecule has 0 unspecified atom stereocenters. The molecule has 76 heavy (non-hydrogen) atoms. The highest BCUT2D eigenvalue weighted by Gasteiger charge is 2.28. The quantitative estimate of drug-likeness (QED) is 0.122. The van der Waals surface area contributed by atoms with E-state index in [0.717, 1.165) is 72.5 Å². The lowest BCUT2D eigenvalue weighted by molar-refractivity contribution is 0.614. The molecular weight excluding hydrogens is 929 g/mol. The van der Waals surface area contributed by atoms with E-state index in [0.29, 0.717) is 23.9 Å². The van der Waals surface area contributed by atoms with Gasteiger partial charge in [0.2, 0.25) is 0 Å². The molecule has 8 heteroatoms. The van der Waals surface area contributed by atoms with Gasteiger partial charge in [0.25, 0.3) is 0 Å². The number of aromatic nitrogens is 4. The topological polar surface area (TPSA) is 106 Å². The maximum Gasteiger partial charge on any atom is 0.124 e. The fourth-order valence-corrected chi connectivity index (χ4v) is 13.6. The molecule has 16 rings (SSSR count). The number of fused-ring (bicyclic) bond motifs is 6. The first-order valence-corrected chi connectivity index (χ1v) is 28.5. The van der Waals surface area contributed by atoms with Gasteiger partial charge in [0.1, 0.15) is 11.6 Å². The lowest BCUT2D eigenvalue weighted by atomic mass is 9.94. The van der Waals surface area contributed by atoms with E-state index in [9.17, 15) is 0 Å². The van der Waals surface area contributed by atoms with Crippen LogP contribution in [0.5, 0.6) is 0 Å². The summed E-state index contributed by atoms with van der Waals surface area (Å²) in [6, 6.07) is 54.8. The van der Waals surface area contributed by atoms with Crippen LogP contribution in [0.25, 0.3) is 88.1 Å². The van der Waals surface area contributed by atoms with Crippen LogP contribution < -0.4 is 10.6 Å². The van der Waals surface area contributed by atoms with E-state index >= 15 is 0 Å². The number of nitrogens with one attached hydrogen (secondary N) is 4. The van der Waals surface area contributed by atoms with Gasteiger partial charge in [-0.25, -0.2) is 9.97 Å². The SMILES string of the molecule is c1cc2c(cc1-c1ccc3cc(-c4ccc5nc([C@@H]6CCCN6)[nH]c5c4)ccc3c1)CC(C1CCCC1)=N2.c1cc2c(cc1-c1ccc3ccc(-c4ccc5nc([C@@H]6CCCN6)[nH]c5c4)cc3c1)CC(C1CCCC1)=N2. The normalized spacial score (nSPS) is 19.5. The van der Waals surface area contributed by atoms with Crippen molar-refractivity contribution in [1.29, 1.82) is 0 Å². The Hall–Kier alpha value is -7.52. The number of benzene rings is 8. The van der Waals surface area contributed by atoms with E-state index in [1.165, 1.54) is 164 Å². The number of aliphatic imine (C=N–C) groups is 2. The molecule has 10 aromatic rings. The van der Waals surface area contributed by atoms with Crippen LogP contribution in [0.3, 0.4) is 0 Å². The minimum Gasteiger partial charge on any atom is -0.341 e. The summed E-state index contributed by atoms with van der Waals surface area (Å²) in [4.78, 5) is 26.8. The Labute approximate surface area is 444 Å². The molecule has 6 aliphatic rings. The minimum atomic E-state index is 0.352. The molecule has 2 saturated carbocycles. The molecule has 8 aromatic carbocycles. The summed E-state index contributed by atoms with van der Waals surface area (Å²) in [5.74, 6) is 3.54. The summed E-state index contributed by atoms with van der Waals surface area (Å²) in [6.07, 6.45) is 17.5. The van der Waals surface area contributed by atoms with E-state index < -0.39 is 0 Å². The van der Waals surface area contributed by atoms with E-state index in [1.54, 1.807) is 0 Å². The van der Waals surface area contributed by atoms with Gasteiger partial charge in [-0.2, -0.15) is 0 Å². The van der Waals surface area contributed by atoms with Crippen molar-refractivity contribution in [2.24, 2.45) is 21.8 Å². The largest absolute Gasteiger partial charge is 0.341 e. The molecule has 6 heterocycles. The molecule has 4 N–H and O–H groups in total. The van der Waals surface area contributed by atoms with Crippen molar-refractivity contribution in [1.82, 2.24) is 30.6 Å². The Morgan fingerprint density at radius 1 is 0.342 bits per heavy atom. The van der Waals surface area contributed by atoms with Gasteiger partial charge in [-0.1, -0.05) is 98.5 Å². The Bertz CT molecular complexity index is 3940. The van der Waals surface area contributed by atoms with Crippen molar-refractivity contribution >= 4 is 66.4 Å². The van der Waals surface area contributed by atoms with Gasteiger partial charge in [-0.3, -0.25) is 9.98 Å². The van der Waals surface area contributed by atoms with Crippen LogP contribution in [0.4, 0.5) is 11.4 Å². The number of H-pyrrole nitrogens is 2. The second kappa shape index (κ2) is 19.2. The average molecular weight is 993 g/mol. The monoisotopic (exact) mass is 993 g/mol. The van der Waals surface area contributed by atoms with Gasteiger partial charge in [0.15, 0.2) is 0 Å². The molecule has 0 radical (unpaired) electrons. The first-order valence-electron chi connectivity index (χ1n) is 28.5. The molecule has 2 saturated heterocycles. The van der Waals surface area contributed by atoms with Gasteiger partial charge < -0.3 is 20.6 Å². The maximum atomic E-state index is 5.02. The third-order valence-corrected chi connectivity index (χ3v) is 17.9. The van der Waals surface area contributed by atoms with Crippen LogP contribution in [-0.2, 0) is 12.8 Å². The molecule has 2 aliphatic carbocycles. The lowest BCUT2D eigenvalue weighted by Gasteiger charge is -2.09. The maximum absolute atomic E-state index is 5.02.